The highest BCUT2D eigenvalue weighted by molar-refractivity contribution is 7.90. The molecule has 0 radical (unpaired) electrons. The second-order valence-corrected chi connectivity index (χ2v) is 11.5. The molecule has 0 bridgehead atoms. The average Bonchev–Trinajstić information content (AvgIpc) is 3.26. The Balaban J connectivity index is 1.63. The van der Waals surface area contributed by atoms with E-state index in [1.807, 2.05) is 25.1 Å². The Morgan fingerprint density at radius 1 is 0.935 bits per heavy atom. The summed E-state index contributed by atoms with van der Waals surface area (Å²) in [6, 6.07) is 11.1. The summed E-state index contributed by atoms with van der Waals surface area (Å²) in [5.41, 5.74) is 1.81. The first-order valence-corrected chi connectivity index (χ1v) is 13.3. The van der Waals surface area contributed by atoms with Crippen molar-refractivity contribution in [1.29, 1.82) is 0 Å². The Kier molecular flexibility index (Phi) is 5.71. The normalized spacial score (nSPS) is 15.0. The minimum Gasteiger partial charge on any atom is -0.356 e. The highest BCUT2D eigenvalue weighted by atomic mass is 32.2. The van der Waals surface area contributed by atoms with E-state index in [2.05, 4.69) is 19.6 Å². The average molecular weight is 461 g/mol. The van der Waals surface area contributed by atoms with Crippen LogP contribution in [0.15, 0.2) is 52.3 Å². The topological polar surface area (TPSA) is 109 Å². The van der Waals surface area contributed by atoms with E-state index in [0.29, 0.717) is 5.82 Å². The quantitative estimate of drug-likeness (QED) is 0.602. The Morgan fingerprint density at radius 2 is 1.58 bits per heavy atom. The maximum atomic E-state index is 12.7. The van der Waals surface area contributed by atoms with Gasteiger partial charge in [-0.3, -0.25) is 0 Å². The summed E-state index contributed by atoms with van der Waals surface area (Å²) < 4.78 is 51.1. The molecule has 4 rings (SSSR count). The van der Waals surface area contributed by atoms with Crippen LogP contribution < -0.4 is 9.62 Å². The van der Waals surface area contributed by atoms with E-state index in [0.717, 1.165) is 54.5 Å². The van der Waals surface area contributed by atoms with Gasteiger partial charge < -0.3 is 4.90 Å². The summed E-state index contributed by atoms with van der Waals surface area (Å²) in [5.74, 6) is 1.22. The van der Waals surface area contributed by atoms with E-state index >= 15 is 0 Å². The van der Waals surface area contributed by atoms with Gasteiger partial charge in [0.1, 0.15) is 11.6 Å². The fourth-order valence-corrected chi connectivity index (χ4v) is 5.29. The van der Waals surface area contributed by atoms with Gasteiger partial charge in [0, 0.05) is 24.7 Å². The van der Waals surface area contributed by atoms with Crippen LogP contribution in [-0.2, 0) is 26.4 Å². The van der Waals surface area contributed by atoms with Crippen LogP contribution in [0.5, 0.6) is 0 Å². The number of hydrogen-bond donors (Lipinski definition) is 1. The first-order chi connectivity index (χ1) is 14.6. The molecule has 1 N–H and O–H groups in total. The predicted molar refractivity (Wildman–Crippen MR) is 119 cm³/mol. The number of aromatic nitrogens is 2. The van der Waals surface area contributed by atoms with Crippen molar-refractivity contribution in [2.45, 2.75) is 36.1 Å². The fraction of sp³-hybridized carbons (Fsp3) is 0.333. The zero-order valence-electron chi connectivity index (χ0n) is 17.4. The summed E-state index contributed by atoms with van der Waals surface area (Å²) in [4.78, 5) is 11.5. The number of nitrogens with one attached hydrogen (secondary N) is 1. The maximum Gasteiger partial charge on any atom is 0.240 e. The monoisotopic (exact) mass is 460 g/mol. The Hall–Kier alpha value is -2.56. The van der Waals surface area contributed by atoms with E-state index in [1.54, 1.807) is 0 Å². The van der Waals surface area contributed by atoms with Gasteiger partial charge in [-0.05, 0) is 55.7 Å². The molecular weight excluding hydrogens is 436 g/mol. The molecule has 10 heteroatoms. The number of anilines is 1. The number of benzene rings is 2. The molecule has 0 atom stereocenters. The van der Waals surface area contributed by atoms with Crippen molar-refractivity contribution in [3.63, 3.8) is 0 Å². The van der Waals surface area contributed by atoms with E-state index in [4.69, 9.17) is 0 Å². The number of fused-ring (bicyclic) bond motifs is 1. The molecule has 1 fully saturated rings. The number of sulfone groups is 1. The molecule has 2 aromatic carbocycles. The second kappa shape index (κ2) is 8.18. The summed E-state index contributed by atoms with van der Waals surface area (Å²) in [6.07, 6.45) is 3.28. The maximum absolute atomic E-state index is 12.7. The van der Waals surface area contributed by atoms with Gasteiger partial charge in [0.15, 0.2) is 9.84 Å². The zero-order valence-corrected chi connectivity index (χ0v) is 19.0. The van der Waals surface area contributed by atoms with Gasteiger partial charge in [0.2, 0.25) is 10.0 Å². The van der Waals surface area contributed by atoms with E-state index < -0.39 is 19.9 Å². The fourth-order valence-electron chi connectivity index (χ4n) is 3.68. The molecule has 2 heterocycles. The number of para-hydroxylation sites is 1. The van der Waals surface area contributed by atoms with Crippen LogP contribution in [0.3, 0.4) is 0 Å². The summed E-state index contributed by atoms with van der Waals surface area (Å²) in [5, 5.41) is 0.963. The van der Waals surface area contributed by atoms with Crippen molar-refractivity contribution in [3.8, 4) is 0 Å². The molecule has 1 aliphatic rings. The van der Waals surface area contributed by atoms with E-state index in [-0.39, 0.29) is 16.3 Å². The van der Waals surface area contributed by atoms with Crippen molar-refractivity contribution in [2.75, 3.05) is 24.2 Å². The van der Waals surface area contributed by atoms with Crippen LogP contribution in [-0.4, -0.2) is 46.1 Å². The molecule has 0 amide bonds. The van der Waals surface area contributed by atoms with Crippen LogP contribution in [0.4, 0.5) is 5.82 Å². The Bertz CT molecular complexity index is 1330. The van der Waals surface area contributed by atoms with Gasteiger partial charge >= 0.3 is 0 Å². The first-order valence-electron chi connectivity index (χ1n) is 9.96. The predicted octanol–water partition coefficient (Wildman–Crippen LogP) is 2.42. The lowest BCUT2D eigenvalue weighted by Gasteiger charge is -2.20. The number of aryl methyl sites for hydroxylation is 1. The number of sulfonamides is 1. The summed E-state index contributed by atoms with van der Waals surface area (Å²) in [6.45, 7) is 3.73. The SMILES string of the molecule is Cc1cccc2c(N3CCCC3)nc(CNS(=O)(=O)c3ccc(S(C)(=O)=O)cc3)nc12. The van der Waals surface area contributed by atoms with Gasteiger partial charge in [-0.25, -0.2) is 31.5 Å². The highest BCUT2D eigenvalue weighted by Crippen LogP contribution is 2.28. The van der Waals surface area contributed by atoms with Gasteiger partial charge in [0.05, 0.1) is 21.9 Å². The molecule has 8 nitrogen and oxygen atoms in total. The minimum absolute atomic E-state index is 0.0170. The lowest BCUT2D eigenvalue weighted by Crippen LogP contribution is -2.26. The minimum atomic E-state index is -3.85. The van der Waals surface area contributed by atoms with Crippen LogP contribution in [0.1, 0.15) is 24.2 Å². The summed E-state index contributed by atoms with van der Waals surface area (Å²) in [7, 11) is -7.25. The number of hydrogen-bond acceptors (Lipinski definition) is 7. The molecule has 1 aromatic heterocycles. The smallest absolute Gasteiger partial charge is 0.240 e. The molecule has 164 valence electrons. The highest BCUT2D eigenvalue weighted by Gasteiger charge is 2.20. The largest absolute Gasteiger partial charge is 0.356 e. The first kappa shape index (κ1) is 21.7. The molecule has 0 aliphatic carbocycles. The number of nitrogens with zero attached hydrogens (tertiary/aromatic N) is 3. The van der Waals surface area contributed by atoms with Crippen molar-refractivity contribution in [1.82, 2.24) is 14.7 Å². The van der Waals surface area contributed by atoms with Gasteiger partial charge in [-0.1, -0.05) is 12.1 Å². The second-order valence-electron chi connectivity index (χ2n) is 7.70. The molecule has 3 aromatic rings. The van der Waals surface area contributed by atoms with Gasteiger partial charge in [0.25, 0.3) is 0 Å². The molecule has 31 heavy (non-hydrogen) atoms. The zero-order chi connectivity index (χ0) is 22.2. The van der Waals surface area contributed by atoms with Crippen molar-refractivity contribution in [3.05, 3.63) is 53.9 Å². The van der Waals surface area contributed by atoms with Crippen LogP contribution in [0.25, 0.3) is 10.9 Å². The molecule has 0 saturated carbocycles. The Morgan fingerprint density at radius 3 is 2.23 bits per heavy atom. The summed E-state index contributed by atoms with van der Waals surface area (Å²) >= 11 is 0. The number of rotatable bonds is 6. The standard InChI is InChI=1S/C21H24N4O4S2/c1-15-6-5-7-18-20(15)23-19(24-21(18)25-12-3-4-13-25)14-22-31(28,29)17-10-8-16(9-11-17)30(2,26)27/h5-11,22H,3-4,12-14H2,1-2H3. The van der Waals surface area contributed by atoms with Gasteiger partial charge in [-0.2, -0.15) is 0 Å². The lowest BCUT2D eigenvalue weighted by atomic mass is 10.1. The lowest BCUT2D eigenvalue weighted by molar-refractivity contribution is 0.578. The molecule has 0 spiro atoms. The van der Waals surface area contributed by atoms with E-state index in [1.165, 1.54) is 24.3 Å². The van der Waals surface area contributed by atoms with Crippen molar-refractivity contribution >= 4 is 36.6 Å². The third kappa shape index (κ3) is 4.56. The van der Waals surface area contributed by atoms with Crippen molar-refractivity contribution < 1.29 is 16.8 Å². The molecule has 1 aliphatic heterocycles. The van der Waals surface area contributed by atoms with Crippen molar-refractivity contribution in [2.24, 2.45) is 0 Å². The third-order valence-corrected chi connectivity index (χ3v) is 7.89. The molecular formula is C21H24N4O4S2. The Labute approximate surface area is 182 Å². The van der Waals surface area contributed by atoms with Gasteiger partial charge in [-0.15, -0.1) is 0 Å². The molecule has 0 unspecified atom stereocenters. The third-order valence-electron chi connectivity index (χ3n) is 5.34. The van der Waals surface area contributed by atoms with E-state index in [9.17, 15) is 16.8 Å². The molecule has 1 saturated heterocycles. The van der Waals surface area contributed by atoms with Crippen LogP contribution >= 0.6 is 0 Å². The van der Waals surface area contributed by atoms with Crippen LogP contribution in [0.2, 0.25) is 0 Å². The van der Waals surface area contributed by atoms with Crippen LogP contribution in [0, 0.1) is 6.92 Å².